The lowest BCUT2D eigenvalue weighted by molar-refractivity contribution is -0.139. The molecule has 8 heavy (non-hydrogen) atoms. The first-order valence-electron chi connectivity index (χ1n) is 2.33. The Morgan fingerprint density at radius 1 is 1.75 bits per heavy atom. The fourth-order valence-electron chi connectivity index (χ4n) is 0.278. The molecule has 0 bridgehead atoms. The fourth-order valence-corrected chi connectivity index (χ4v) is 0.278. The van der Waals surface area contributed by atoms with Gasteiger partial charge in [0.05, 0.1) is 0 Å². The molecule has 0 rings (SSSR count). The minimum atomic E-state index is -0.862. The summed E-state index contributed by atoms with van der Waals surface area (Å²) in [6.45, 7) is 1.55. The number of carboxylic acids is 1. The molecular formula is C4H10N2O2. The van der Waals surface area contributed by atoms with Crippen LogP contribution in [0.25, 0.3) is 0 Å². The molecule has 0 saturated heterocycles. The fraction of sp³-hybridized carbons (Fsp3) is 0.750. The van der Waals surface area contributed by atoms with Crippen molar-refractivity contribution in [2.75, 3.05) is 7.05 Å². The van der Waals surface area contributed by atoms with Crippen LogP contribution in [0.5, 0.6) is 0 Å². The van der Waals surface area contributed by atoms with Gasteiger partial charge < -0.3 is 5.11 Å². The normalized spacial score (nSPS) is 13.2. The second-order valence-electron chi connectivity index (χ2n) is 1.45. The van der Waals surface area contributed by atoms with Crippen LogP contribution in [0.1, 0.15) is 6.92 Å². The molecule has 0 aliphatic heterocycles. The summed E-state index contributed by atoms with van der Waals surface area (Å²) < 4.78 is 0. The number of hydrogen-bond acceptors (Lipinski definition) is 3. The third-order valence-corrected chi connectivity index (χ3v) is 0.731. The van der Waals surface area contributed by atoms with Gasteiger partial charge in [0.2, 0.25) is 0 Å². The molecule has 1 atom stereocenters. The first-order valence-corrected chi connectivity index (χ1v) is 2.33. The number of carboxylic acid groups (broad SMARTS) is 1. The van der Waals surface area contributed by atoms with Crippen LogP contribution in [0.4, 0.5) is 0 Å². The van der Waals surface area contributed by atoms with Crippen molar-refractivity contribution in [2.45, 2.75) is 13.0 Å². The highest BCUT2D eigenvalue weighted by atomic mass is 16.4. The van der Waals surface area contributed by atoms with Gasteiger partial charge in [0.1, 0.15) is 6.04 Å². The van der Waals surface area contributed by atoms with Crippen molar-refractivity contribution >= 4 is 5.97 Å². The molecule has 0 aliphatic carbocycles. The summed E-state index contributed by atoms with van der Waals surface area (Å²) in [6, 6.07) is -0.528. The molecule has 0 saturated carbocycles. The first kappa shape index (κ1) is 7.39. The zero-order chi connectivity index (χ0) is 6.57. The number of hydrogen-bond donors (Lipinski definition) is 3. The van der Waals surface area contributed by atoms with Crippen LogP contribution in [0.2, 0.25) is 0 Å². The first-order chi connectivity index (χ1) is 3.68. The highest BCUT2D eigenvalue weighted by Gasteiger charge is 2.06. The standard InChI is InChI=1S/C4H10N2O2/c1-3(4(7)8)6-5-2/h3,5-6H,1-2H3,(H,7,8). The molecule has 0 aromatic rings. The Hall–Kier alpha value is -0.610. The summed E-state index contributed by atoms with van der Waals surface area (Å²) in [5, 5.41) is 8.21. The van der Waals surface area contributed by atoms with Crippen molar-refractivity contribution in [2.24, 2.45) is 0 Å². The highest BCUT2D eigenvalue weighted by Crippen LogP contribution is 1.74. The zero-order valence-corrected chi connectivity index (χ0v) is 4.93. The highest BCUT2D eigenvalue weighted by molar-refractivity contribution is 5.72. The summed E-state index contributed by atoms with van der Waals surface area (Å²) in [5.74, 6) is -0.862. The summed E-state index contributed by atoms with van der Waals surface area (Å²) in [4.78, 5) is 9.99. The average molecular weight is 118 g/mol. The minimum Gasteiger partial charge on any atom is -0.480 e. The maximum Gasteiger partial charge on any atom is 0.321 e. The van der Waals surface area contributed by atoms with E-state index in [9.17, 15) is 4.79 Å². The molecule has 0 spiro atoms. The van der Waals surface area contributed by atoms with Crippen LogP contribution in [0.3, 0.4) is 0 Å². The van der Waals surface area contributed by atoms with E-state index in [-0.39, 0.29) is 0 Å². The van der Waals surface area contributed by atoms with Crippen LogP contribution < -0.4 is 10.9 Å². The Bertz CT molecular complexity index is 84.1. The van der Waals surface area contributed by atoms with E-state index in [0.29, 0.717) is 0 Å². The number of nitrogens with one attached hydrogen (secondary N) is 2. The van der Waals surface area contributed by atoms with Crippen molar-refractivity contribution in [3.05, 3.63) is 0 Å². The van der Waals surface area contributed by atoms with Crippen LogP contribution in [0, 0.1) is 0 Å². The summed E-state index contributed by atoms with van der Waals surface area (Å²) in [5.41, 5.74) is 5.01. The maximum absolute atomic E-state index is 9.99. The van der Waals surface area contributed by atoms with E-state index in [1.54, 1.807) is 14.0 Å². The smallest absolute Gasteiger partial charge is 0.321 e. The van der Waals surface area contributed by atoms with E-state index < -0.39 is 12.0 Å². The van der Waals surface area contributed by atoms with E-state index in [1.807, 2.05) is 0 Å². The quantitative estimate of drug-likeness (QED) is 0.424. The predicted octanol–water partition coefficient (Wildman–Crippen LogP) is -0.816. The van der Waals surface area contributed by atoms with Crippen LogP contribution >= 0.6 is 0 Å². The van der Waals surface area contributed by atoms with Crippen molar-refractivity contribution in [1.82, 2.24) is 10.9 Å². The van der Waals surface area contributed by atoms with Gasteiger partial charge in [-0.25, -0.2) is 5.43 Å². The molecule has 1 unspecified atom stereocenters. The third kappa shape index (κ3) is 2.54. The maximum atomic E-state index is 9.99. The molecule has 0 amide bonds. The number of rotatable bonds is 3. The van der Waals surface area contributed by atoms with Gasteiger partial charge in [-0.15, -0.1) is 0 Å². The van der Waals surface area contributed by atoms with Gasteiger partial charge in [0, 0.05) is 0 Å². The Kier molecular flexibility index (Phi) is 3.14. The molecule has 0 aromatic heterocycles. The van der Waals surface area contributed by atoms with E-state index >= 15 is 0 Å². The second-order valence-corrected chi connectivity index (χ2v) is 1.45. The van der Waals surface area contributed by atoms with Crippen LogP contribution in [-0.4, -0.2) is 24.2 Å². The van der Waals surface area contributed by atoms with Crippen LogP contribution in [-0.2, 0) is 4.79 Å². The molecule has 0 radical (unpaired) electrons. The SMILES string of the molecule is CNNC(C)C(=O)O. The third-order valence-electron chi connectivity index (χ3n) is 0.731. The lowest BCUT2D eigenvalue weighted by atomic mass is 10.4. The van der Waals surface area contributed by atoms with Gasteiger partial charge in [-0.2, -0.15) is 0 Å². The zero-order valence-electron chi connectivity index (χ0n) is 4.93. The topological polar surface area (TPSA) is 61.4 Å². The summed E-state index contributed by atoms with van der Waals surface area (Å²) in [7, 11) is 1.62. The van der Waals surface area contributed by atoms with Crippen molar-refractivity contribution < 1.29 is 9.90 Å². The van der Waals surface area contributed by atoms with Gasteiger partial charge in [-0.3, -0.25) is 10.2 Å². The van der Waals surface area contributed by atoms with Gasteiger partial charge in [-0.1, -0.05) is 0 Å². The predicted molar refractivity (Wildman–Crippen MR) is 29.3 cm³/mol. The monoisotopic (exact) mass is 118 g/mol. The molecular weight excluding hydrogens is 108 g/mol. The van der Waals surface area contributed by atoms with Crippen molar-refractivity contribution in [1.29, 1.82) is 0 Å². The Balaban J connectivity index is 3.32. The van der Waals surface area contributed by atoms with Gasteiger partial charge in [0.25, 0.3) is 0 Å². The Morgan fingerprint density at radius 3 is 2.38 bits per heavy atom. The largest absolute Gasteiger partial charge is 0.480 e. The van der Waals surface area contributed by atoms with Crippen molar-refractivity contribution in [3.63, 3.8) is 0 Å². The van der Waals surface area contributed by atoms with E-state index in [0.717, 1.165) is 0 Å². The molecule has 0 fully saturated rings. The molecule has 48 valence electrons. The van der Waals surface area contributed by atoms with E-state index in [1.165, 1.54) is 0 Å². The Labute approximate surface area is 47.9 Å². The second kappa shape index (κ2) is 3.40. The molecule has 4 heteroatoms. The lowest BCUT2D eigenvalue weighted by Gasteiger charge is -2.04. The Morgan fingerprint density at radius 2 is 2.25 bits per heavy atom. The number of carbonyl (C=O) groups is 1. The molecule has 0 heterocycles. The van der Waals surface area contributed by atoms with Gasteiger partial charge in [0.15, 0.2) is 0 Å². The molecule has 0 aliphatic rings. The van der Waals surface area contributed by atoms with Gasteiger partial charge >= 0.3 is 5.97 Å². The number of hydrazine groups is 1. The molecule has 4 nitrogen and oxygen atoms in total. The average Bonchev–Trinajstić information content (AvgIpc) is 1.67. The summed E-state index contributed by atoms with van der Waals surface area (Å²) >= 11 is 0. The van der Waals surface area contributed by atoms with Gasteiger partial charge in [-0.05, 0) is 14.0 Å². The van der Waals surface area contributed by atoms with Crippen LogP contribution in [0.15, 0.2) is 0 Å². The lowest BCUT2D eigenvalue weighted by Crippen LogP contribution is -2.41. The molecule has 3 N–H and O–H groups in total. The number of aliphatic carboxylic acids is 1. The van der Waals surface area contributed by atoms with E-state index in [2.05, 4.69) is 10.9 Å². The summed E-state index contributed by atoms with van der Waals surface area (Å²) in [6.07, 6.45) is 0. The van der Waals surface area contributed by atoms with Crippen molar-refractivity contribution in [3.8, 4) is 0 Å². The van der Waals surface area contributed by atoms with E-state index in [4.69, 9.17) is 5.11 Å². The molecule has 0 aromatic carbocycles. The minimum absolute atomic E-state index is 0.528.